The molecule has 4 aliphatic rings. The average molecular weight is 826 g/mol. The van der Waals surface area contributed by atoms with Crippen LogP contribution in [0.2, 0.25) is 0 Å². The highest BCUT2D eigenvalue weighted by molar-refractivity contribution is 8.00. The van der Waals surface area contributed by atoms with Crippen molar-refractivity contribution in [2.45, 2.75) is 9.79 Å². The van der Waals surface area contributed by atoms with Crippen molar-refractivity contribution < 1.29 is 9.47 Å². The van der Waals surface area contributed by atoms with Crippen LogP contribution in [-0.4, -0.2) is 20.5 Å². The number of rotatable bonds is 6. The largest absolute Gasteiger partial charge is 0.457 e. The van der Waals surface area contributed by atoms with E-state index in [4.69, 9.17) is 9.47 Å². The van der Waals surface area contributed by atoms with Gasteiger partial charge in [-0.05, 0) is 100 Å². The van der Waals surface area contributed by atoms with Crippen molar-refractivity contribution >= 4 is 103 Å². The predicted octanol–water partition coefficient (Wildman–Crippen LogP) is 10.4. The SMILES string of the molecule is CN1c2cc3c(cc2B2c4ccccc4N(c4ccccc4)c4cc(Oc5ccccc5)cc1c42)B1c2ccccc2N(c2ccccc2)c2cc(Oc4ccccc4)cc(c21)S3. The Kier molecular flexibility index (Phi) is 8.18. The second-order valence-corrected chi connectivity index (χ2v) is 17.6. The van der Waals surface area contributed by atoms with E-state index in [2.05, 4.69) is 167 Å². The van der Waals surface area contributed by atoms with Gasteiger partial charge in [-0.3, -0.25) is 0 Å². The summed E-state index contributed by atoms with van der Waals surface area (Å²) in [6.45, 7) is -0.00781. The highest BCUT2D eigenvalue weighted by atomic mass is 32.2. The van der Waals surface area contributed by atoms with E-state index in [1.54, 1.807) is 0 Å². The summed E-state index contributed by atoms with van der Waals surface area (Å²) < 4.78 is 13.3. The number of fused-ring (bicyclic) bond motifs is 8. The average Bonchev–Trinajstić information content (AvgIpc) is 3.33. The molecule has 9 aromatic carbocycles. The molecular weight excluding hydrogens is 788 g/mol. The molecule has 0 bridgehead atoms. The highest BCUT2D eigenvalue weighted by Gasteiger charge is 2.46. The van der Waals surface area contributed by atoms with Crippen LogP contribution in [0.25, 0.3) is 0 Å². The van der Waals surface area contributed by atoms with Crippen molar-refractivity contribution in [1.82, 2.24) is 0 Å². The third-order valence-corrected chi connectivity index (χ3v) is 14.1. The van der Waals surface area contributed by atoms with Crippen molar-refractivity contribution in [1.29, 1.82) is 0 Å². The smallest absolute Gasteiger partial charge is 0.252 e. The maximum absolute atomic E-state index is 6.68. The zero-order valence-electron chi connectivity index (χ0n) is 34.4. The first kappa shape index (κ1) is 36.1. The van der Waals surface area contributed by atoms with Crippen molar-refractivity contribution in [3.63, 3.8) is 0 Å². The number of anilines is 8. The lowest BCUT2D eigenvalue weighted by molar-refractivity contribution is 0.481. The molecule has 0 radical (unpaired) electrons. The number of nitrogens with zero attached hydrogens (tertiary/aromatic N) is 3. The van der Waals surface area contributed by atoms with Crippen LogP contribution >= 0.6 is 11.8 Å². The van der Waals surface area contributed by atoms with Gasteiger partial charge in [0, 0.05) is 80.5 Å². The Balaban J connectivity index is 1.04. The maximum Gasteiger partial charge on any atom is 0.252 e. The van der Waals surface area contributed by atoms with E-state index in [9.17, 15) is 0 Å². The van der Waals surface area contributed by atoms with Crippen LogP contribution in [0.1, 0.15) is 0 Å². The molecule has 0 N–H and O–H groups in total. The molecular formula is C55H37B2N3O2S. The first-order valence-corrected chi connectivity index (χ1v) is 22.3. The molecule has 0 unspecified atom stereocenters. The molecule has 63 heavy (non-hydrogen) atoms. The Morgan fingerprint density at radius 3 is 1.38 bits per heavy atom. The van der Waals surface area contributed by atoms with Crippen molar-refractivity contribution in [3.8, 4) is 23.0 Å². The van der Waals surface area contributed by atoms with Gasteiger partial charge in [-0.1, -0.05) is 132 Å². The van der Waals surface area contributed by atoms with E-state index in [0.29, 0.717) is 0 Å². The van der Waals surface area contributed by atoms with Gasteiger partial charge >= 0.3 is 0 Å². The van der Waals surface area contributed by atoms with Crippen LogP contribution < -0.4 is 57.0 Å². The minimum Gasteiger partial charge on any atom is -0.457 e. The molecule has 0 spiro atoms. The fourth-order valence-corrected chi connectivity index (χ4v) is 11.6. The summed E-state index contributed by atoms with van der Waals surface area (Å²) in [5.74, 6) is 3.23. The Labute approximate surface area is 372 Å². The molecule has 0 amide bonds. The number of para-hydroxylation sites is 6. The van der Waals surface area contributed by atoms with Crippen LogP contribution in [0.4, 0.5) is 45.5 Å². The van der Waals surface area contributed by atoms with E-state index in [-0.39, 0.29) is 13.4 Å². The minimum atomic E-state index is -0.0133. The van der Waals surface area contributed by atoms with Crippen LogP contribution in [0.15, 0.2) is 216 Å². The van der Waals surface area contributed by atoms with Gasteiger partial charge in [0.25, 0.3) is 6.71 Å². The molecule has 0 saturated carbocycles. The fraction of sp³-hybridized carbons (Fsp3) is 0.0182. The summed E-state index contributed by atoms with van der Waals surface area (Å²) in [6.07, 6.45) is 0. The summed E-state index contributed by atoms with van der Waals surface area (Å²) in [5, 5.41) is 0. The van der Waals surface area contributed by atoms with Gasteiger partial charge in [-0.2, -0.15) is 0 Å². The molecule has 296 valence electrons. The normalized spacial score (nSPS) is 13.6. The number of ether oxygens (including phenoxy) is 2. The topological polar surface area (TPSA) is 28.2 Å². The molecule has 13 rings (SSSR count). The molecule has 0 aromatic heterocycles. The van der Waals surface area contributed by atoms with E-state index in [0.717, 1.165) is 51.4 Å². The predicted molar refractivity (Wildman–Crippen MR) is 263 cm³/mol. The van der Waals surface area contributed by atoms with Gasteiger partial charge < -0.3 is 24.2 Å². The van der Waals surface area contributed by atoms with Crippen LogP contribution in [0.3, 0.4) is 0 Å². The van der Waals surface area contributed by atoms with E-state index in [1.165, 1.54) is 59.6 Å². The van der Waals surface area contributed by atoms with Crippen molar-refractivity contribution in [3.05, 3.63) is 206 Å². The van der Waals surface area contributed by atoms with E-state index >= 15 is 0 Å². The number of benzene rings is 9. The Morgan fingerprint density at radius 1 is 0.349 bits per heavy atom. The maximum atomic E-state index is 6.68. The molecule has 4 heterocycles. The van der Waals surface area contributed by atoms with Gasteiger partial charge in [-0.25, -0.2) is 0 Å². The Hall–Kier alpha value is -7.54. The number of hydrogen-bond acceptors (Lipinski definition) is 6. The second kappa shape index (κ2) is 14.3. The van der Waals surface area contributed by atoms with Gasteiger partial charge in [0.1, 0.15) is 23.0 Å². The van der Waals surface area contributed by atoms with E-state index < -0.39 is 0 Å². The van der Waals surface area contributed by atoms with E-state index in [1.807, 2.05) is 72.4 Å². The van der Waals surface area contributed by atoms with Gasteiger partial charge in [0.05, 0.1) is 0 Å². The highest BCUT2D eigenvalue weighted by Crippen LogP contribution is 2.47. The molecule has 5 nitrogen and oxygen atoms in total. The lowest BCUT2D eigenvalue weighted by atomic mass is 9.31. The summed E-state index contributed by atoms with van der Waals surface area (Å²) in [7, 11) is 2.22. The zero-order chi connectivity index (χ0) is 41.6. The van der Waals surface area contributed by atoms with Crippen LogP contribution in [0, 0.1) is 0 Å². The molecule has 9 aromatic rings. The number of hydrogen-bond donors (Lipinski definition) is 0. The quantitative estimate of drug-likeness (QED) is 0.155. The summed E-state index contributed by atoms with van der Waals surface area (Å²) in [5.41, 5.74) is 17.0. The van der Waals surface area contributed by atoms with Gasteiger partial charge in [-0.15, -0.1) is 0 Å². The summed E-state index contributed by atoms with van der Waals surface area (Å²) in [6, 6.07) is 73.5. The molecule has 0 saturated heterocycles. The lowest BCUT2D eigenvalue weighted by Crippen LogP contribution is -2.64. The zero-order valence-corrected chi connectivity index (χ0v) is 35.2. The van der Waals surface area contributed by atoms with Gasteiger partial charge in [0.2, 0.25) is 6.71 Å². The van der Waals surface area contributed by atoms with Crippen LogP contribution in [0.5, 0.6) is 23.0 Å². The first-order valence-electron chi connectivity index (χ1n) is 21.5. The summed E-state index contributed by atoms with van der Waals surface area (Å²) >= 11 is 1.85. The Bertz CT molecular complexity index is 3260. The standard InChI is InChI=1S/C55H37B2N3O2S/c1-58-48-35-52-45(57-43-27-15-17-29-47(43)60(37-20-8-3-9-21-37)51-32-41(33-53(63-52)55(51)57)62-39-24-12-5-13-25-39)34-44(48)56-42-26-14-16-28-46(42)59(36-18-6-2-7-19-36)50-31-40(30-49(58)54(50)56)61-38-22-10-4-11-23-38/h2-35H,1H3. The molecule has 0 fully saturated rings. The third-order valence-electron chi connectivity index (χ3n) is 13.0. The third kappa shape index (κ3) is 5.68. The minimum absolute atomic E-state index is 0.00552. The lowest BCUT2D eigenvalue weighted by Gasteiger charge is -2.44. The van der Waals surface area contributed by atoms with Crippen LogP contribution in [-0.2, 0) is 0 Å². The summed E-state index contributed by atoms with van der Waals surface area (Å²) in [4.78, 5) is 9.69. The van der Waals surface area contributed by atoms with Crippen molar-refractivity contribution in [2.24, 2.45) is 0 Å². The fourth-order valence-electron chi connectivity index (χ4n) is 10.4. The Morgan fingerprint density at radius 2 is 0.810 bits per heavy atom. The monoisotopic (exact) mass is 825 g/mol. The molecule has 4 aliphatic heterocycles. The molecule has 0 aliphatic carbocycles. The van der Waals surface area contributed by atoms with Gasteiger partial charge in [0.15, 0.2) is 0 Å². The molecule has 0 atom stereocenters. The van der Waals surface area contributed by atoms with Crippen molar-refractivity contribution in [2.75, 3.05) is 21.7 Å². The first-order chi connectivity index (χ1) is 31.2. The second-order valence-electron chi connectivity index (χ2n) is 16.5. The molecule has 8 heteroatoms.